The number of aliphatic carboxylic acids is 1. The summed E-state index contributed by atoms with van der Waals surface area (Å²) in [6.07, 6.45) is -1.30. The van der Waals surface area contributed by atoms with Gasteiger partial charge in [0, 0.05) is 12.8 Å². The van der Waals surface area contributed by atoms with Gasteiger partial charge in [-0.25, -0.2) is 4.79 Å². The third-order valence-electron chi connectivity index (χ3n) is 7.25. The zero-order valence-electron chi connectivity index (χ0n) is 25.3. The van der Waals surface area contributed by atoms with Crippen molar-refractivity contribution in [2.75, 3.05) is 6.61 Å². The second-order valence-electron chi connectivity index (χ2n) is 11.5. The largest absolute Gasteiger partial charge is 0.508 e. The van der Waals surface area contributed by atoms with Crippen LogP contribution >= 0.6 is 0 Å². The number of hydrogen-bond donors (Lipinski definition) is 2. The first-order valence-corrected chi connectivity index (χ1v) is 13.9. The Morgan fingerprint density at radius 3 is 1.88 bits per heavy atom. The average Bonchev–Trinajstić information content (AvgIpc) is 2.86. The SMILES string of the molecule is CCC(C)COC(=O)O[C@@H](C)CC(N)(Cc1ccc(OC(=O)C(C)C(C)C)c(OC(=O)C(C)C(C)C)c1)C(=O)O. The average molecular weight is 566 g/mol. The van der Waals surface area contributed by atoms with Crippen molar-refractivity contribution in [3.63, 3.8) is 0 Å². The highest BCUT2D eigenvalue weighted by atomic mass is 16.7. The molecule has 5 atom stereocenters. The molecule has 0 spiro atoms. The highest BCUT2D eigenvalue weighted by Gasteiger charge is 2.37. The van der Waals surface area contributed by atoms with Gasteiger partial charge in [-0.2, -0.15) is 0 Å². The van der Waals surface area contributed by atoms with Crippen molar-refractivity contribution >= 4 is 24.1 Å². The molecular weight excluding hydrogens is 518 g/mol. The minimum absolute atomic E-state index is 0.00436. The van der Waals surface area contributed by atoms with Gasteiger partial charge in [0.1, 0.15) is 11.6 Å². The summed E-state index contributed by atoms with van der Waals surface area (Å²) in [6, 6.07) is 4.46. The summed E-state index contributed by atoms with van der Waals surface area (Å²) in [4.78, 5) is 49.7. The Balaban J connectivity index is 3.21. The van der Waals surface area contributed by atoms with E-state index in [1.54, 1.807) is 19.9 Å². The van der Waals surface area contributed by atoms with E-state index in [0.29, 0.717) is 5.56 Å². The molecule has 226 valence electrons. The summed E-state index contributed by atoms with van der Waals surface area (Å²) in [5.41, 5.74) is 4.90. The fourth-order valence-electron chi connectivity index (χ4n) is 3.45. The summed E-state index contributed by atoms with van der Waals surface area (Å²) < 4.78 is 21.5. The molecule has 0 heterocycles. The second kappa shape index (κ2) is 15.6. The first kappa shape index (κ1) is 34.9. The summed E-state index contributed by atoms with van der Waals surface area (Å²) in [7, 11) is 0. The van der Waals surface area contributed by atoms with Gasteiger partial charge in [0.05, 0.1) is 18.4 Å². The summed E-state index contributed by atoms with van der Waals surface area (Å²) in [6.45, 7) is 16.6. The van der Waals surface area contributed by atoms with Crippen LogP contribution in [0.5, 0.6) is 11.5 Å². The van der Waals surface area contributed by atoms with Crippen LogP contribution in [-0.4, -0.2) is 47.4 Å². The van der Waals surface area contributed by atoms with Crippen LogP contribution in [0, 0.1) is 29.6 Å². The maximum atomic E-state index is 12.8. The zero-order valence-corrected chi connectivity index (χ0v) is 25.3. The predicted molar refractivity (Wildman–Crippen MR) is 150 cm³/mol. The Labute approximate surface area is 237 Å². The molecule has 1 aromatic carbocycles. The molecule has 0 bridgehead atoms. The van der Waals surface area contributed by atoms with E-state index in [1.807, 2.05) is 41.5 Å². The van der Waals surface area contributed by atoms with E-state index in [9.17, 15) is 24.3 Å². The van der Waals surface area contributed by atoms with Crippen molar-refractivity contribution in [1.82, 2.24) is 0 Å². The number of carboxylic acid groups (broad SMARTS) is 1. The number of ether oxygens (including phenoxy) is 4. The zero-order chi connectivity index (χ0) is 30.8. The molecule has 0 saturated carbocycles. The van der Waals surface area contributed by atoms with E-state index in [2.05, 4.69) is 0 Å². The molecule has 0 aliphatic heterocycles. The molecule has 4 unspecified atom stereocenters. The Morgan fingerprint density at radius 2 is 1.40 bits per heavy atom. The van der Waals surface area contributed by atoms with E-state index in [-0.39, 0.29) is 48.7 Å². The Kier molecular flexibility index (Phi) is 13.6. The molecule has 0 aromatic heterocycles. The lowest BCUT2D eigenvalue weighted by molar-refractivity contribution is -0.145. The number of benzene rings is 1. The third kappa shape index (κ3) is 10.8. The van der Waals surface area contributed by atoms with Crippen LogP contribution in [0.15, 0.2) is 18.2 Å². The first-order chi connectivity index (χ1) is 18.5. The van der Waals surface area contributed by atoms with Crippen LogP contribution in [-0.2, 0) is 30.3 Å². The molecule has 10 nitrogen and oxygen atoms in total. The van der Waals surface area contributed by atoms with Gasteiger partial charge in [-0.1, -0.05) is 67.9 Å². The van der Waals surface area contributed by atoms with Crippen molar-refractivity contribution < 1.29 is 43.2 Å². The lowest BCUT2D eigenvalue weighted by atomic mass is 9.86. The van der Waals surface area contributed by atoms with Crippen LogP contribution in [0.2, 0.25) is 0 Å². The highest BCUT2D eigenvalue weighted by Crippen LogP contribution is 2.33. The summed E-state index contributed by atoms with van der Waals surface area (Å²) >= 11 is 0. The van der Waals surface area contributed by atoms with Crippen LogP contribution in [0.25, 0.3) is 0 Å². The minimum atomic E-state index is -1.83. The summed E-state index contributed by atoms with van der Waals surface area (Å²) in [5.74, 6) is -2.91. The van der Waals surface area contributed by atoms with E-state index in [4.69, 9.17) is 24.7 Å². The molecule has 0 aliphatic carbocycles. The molecule has 0 radical (unpaired) electrons. The van der Waals surface area contributed by atoms with Crippen molar-refractivity contribution in [3.05, 3.63) is 23.8 Å². The number of rotatable bonds is 15. The Hall–Kier alpha value is -3.14. The lowest BCUT2D eigenvalue weighted by Gasteiger charge is -2.28. The minimum Gasteiger partial charge on any atom is -0.480 e. The van der Waals surface area contributed by atoms with E-state index >= 15 is 0 Å². The fourth-order valence-corrected chi connectivity index (χ4v) is 3.45. The normalized spacial score (nSPS) is 15.9. The molecule has 1 rings (SSSR count). The maximum Gasteiger partial charge on any atom is 0.508 e. The molecule has 0 fully saturated rings. The van der Waals surface area contributed by atoms with E-state index in [0.717, 1.165) is 6.42 Å². The Morgan fingerprint density at radius 1 is 0.875 bits per heavy atom. The predicted octanol–water partition coefficient (Wildman–Crippen LogP) is 5.38. The molecule has 0 amide bonds. The van der Waals surface area contributed by atoms with Gasteiger partial charge in [-0.15, -0.1) is 0 Å². The molecular formula is C30H47NO9. The smallest absolute Gasteiger partial charge is 0.480 e. The number of carbonyl (C=O) groups is 4. The number of hydrogen-bond acceptors (Lipinski definition) is 9. The molecule has 3 N–H and O–H groups in total. The van der Waals surface area contributed by atoms with Crippen LogP contribution in [0.3, 0.4) is 0 Å². The molecule has 10 heteroatoms. The highest BCUT2D eigenvalue weighted by molar-refractivity contribution is 5.80. The topological polar surface area (TPSA) is 151 Å². The molecule has 1 aromatic rings. The van der Waals surface area contributed by atoms with Crippen LogP contribution < -0.4 is 15.2 Å². The van der Waals surface area contributed by atoms with E-state index in [1.165, 1.54) is 19.1 Å². The second-order valence-corrected chi connectivity index (χ2v) is 11.5. The van der Waals surface area contributed by atoms with Crippen molar-refractivity contribution in [2.45, 2.75) is 93.2 Å². The molecule has 0 aliphatic rings. The van der Waals surface area contributed by atoms with Gasteiger partial charge in [-0.05, 0) is 42.4 Å². The van der Waals surface area contributed by atoms with Gasteiger partial charge in [0.15, 0.2) is 11.5 Å². The molecule has 0 saturated heterocycles. The molecule has 40 heavy (non-hydrogen) atoms. The number of carboxylic acids is 1. The van der Waals surface area contributed by atoms with Crippen molar-refractivity contribution in [2.24, 2.45) is 35.3 Å². The standard InChI is InChI=1S/C30H47NO9/c1-10-19(6)16-37-29(36)38-20(7)14-30(31,28(34)35)15-23-11-12-24(39-26(32)21(8)17(2)3)25(13-23)40-27(33)22(9)18(4)5/h11-13,17-22H,10,14-16,31H2,1-9H3,(H,34,35)/t19?,20-,21?,22?,30?/m0/s1. The van der Waals surface area contributed by atoms with Crippen LogP contribution in [0.4, 0.5) is 4.79 Å². The van der Waals surface area contributed by atoms with Gasteiger partial charge >= 0.3 is 24.1 Å². The van der Waals surface area contributed by atoms with E-state index < -0.39 is 47.5 Å². The van der Waals surface area contributed by atoms with Crippen LogP contribution in [0.1, 0.15) is 80.7 Å². The lowest BCUT2D eigenvalue weighted by Crippen LogP contribution is -2.52. The summed E-state index contributed by atoms with van der Waals surface area (Å²) in [5, 5.41) is 9.97. The number of nitrogens with two attached hydrogens (primary N) is 1. The first-order valence-electron chi connectivity index (χ1n) is 13.9. The maximum absolute atomic E-state index is 12.8. The van der Waals surface area contributed by atoms with Crippen molar-refractivity contribution in [3.8, 4) is 11.5 Å². The number of carbonyl (C=O) groups excluding carboxylic acids is 3. The third-order valence-corrected chi connectivity index (χ3v) is 7.25. The monoisotopic (exact) mass is 565 g/mol. The Bertz CT molecular complexity index is 1020. The fraction of sp³-hybridized carbons (Fsp3) is 0.667. The van der Waals surface area contributed by atoms with Gasteiger partial charge in [0.2, 0.25) is 0 Å². The quantitative estimate of drug-likeness (QED) is 0.209. The van der Waals surface area contributed by atoms with Crippen molar-refractivity contribution in [1.29, 1.82) is 0 Å². The van der Waals surface area contributed by atoms with Gasteiger partial charge in [-0.3, -0.25) is 14.4 Å². The van der Waals surface area contributed by atoms with Gasteiger partial charge in [0.25, 0.3) is 0 Å². The van der Waals surface area contributed by atoms with Gasteiger partial charge < -0.3 is 29.8 Å². The number of esters is 2.